The van der Waals surface area contributed by atoms with Crippen molar-refractivity contribution in [2.75, 3.05) is 28.4 Å². The molecule has 17 heteroatoms. The van der Waals surface area contributed by atoms with Gasteiger partial charge in [0.15, 0.2) is 0 Å². The topological polar surface area (TPSA) is 202 Å². The SMILES string of the molecule is CC[C@@H](OC)[C@H](NC(=O)OC)C(=O)N1[C@@H](C)CC[C@H]1c1nc2ccc3cc4c(cc3c2[nH]1)OCc1cc(-c2cnc([C@@H]3CC[C@H](C)N3C(=O)[C@@H](NC(=O)OC)[C@@H](C)OC)[nH]2)ccc1-4. The summed E-state index contributed by atoms with van der Waals surface area (Å²) in [7, 11) is 5.56. The number of nitrogens with zero attached hydrogens (tertiary/aromatic N) is 4. The van der Waals surface area contributed by atoms with E-state index >= 15 is 0 Å². The summed E-state index contributed by atoms with van der Waals surface area (Å²) in [6.07, 6.45) is 2.77. The smallest absolute Gasteiger partial charge is 0.407 e. The number of likely N-dealkylation sites (tertiary alicyclic amines) is 2. The van der Waals surface area contributed by atoms with Crippen molar-refractivity contribution in [2.45, 2.75) is 115 Å². The van der Waals surface area contributed by atoms with Crippen LogP contribution in [0.2, 0.25) is 0 Å². The second kappa shape index (κ2) is 17.9. The number of hydrogen-bond acceptors (Lipinski definition) is 11. The maximum atomic E-state index is 14.2. The normalized spacial score (nSPS) is 21.3. The standard InChI is InChI=1S/C46H56N8O9/c1-9-36(60-6)40(52-46(58)62-8)44(56)54-24(3)11-17-35(54)42-48-32-15-13-26-19-31-29-14-12-27(18-28(29)22-63-37(31)20-30(26)39(32)50-42)33-21-47-41(49-33)34-16-10-23(2)53(34)43(55)38(25(4)59-5)51-45(57)61-7/h12-15,18-21,23-25,34-36,38,40H,9-11,16-17,22H2,1-8H3,(H,47,49)(H,48,50)(H,51,57)(H,52,58)/t23-,24-,25+,34-,35-,36+,38-,40-/m0/s1. The maximum Gasteiger partial charge on any atom is 0.407 e. The van der Waals surface area contributed by atoms with Gasteiger partial charge in [0.05, 0.1) is 61.4 Å². The molecule has 63 heavy (non-hydrogen) atoms. The van der Waals surface area contributed by atoms with Gasteiger partial charge in [-0.2, -0.15) is 0 Å². The molecular weight excluding hydrogens is 809 g/mol. The van der Waals surface area contributed by atoms with Gasteiger partial charge in [0, 0.05) is 37.3 Å². The molecule has 3 aromatic carbocycles. The molecule has 334 valence electrons. The average Bonchev–Trinajstić information content (AvgIpc) is 4.12. The number of alkyl carbamates (subject to hydrolysis) is 2. The highest BCUT2D eigenvalue weighted by atomic mass is 16.5. The van der Waals surface area contributed by atoms with Crippen molar-refractivity contribution >= 4 is 45.8 Å². The largest absolute Gasteiger partial charge is 0.488 e. The molecule has 2 saturated heterocycles. The fourth-order valence-electron chi connectivity index (χ4n) is 9.60. The number of carbonyl (C=O) groups is 4. The fourth-order valence-corrected chi connectivity index (χ4v) is 9.60. The van der Waals surface area contributed by atoms with Gasteiger partial charge in [-0.15, -0.1) is 0 Å². The van der Waals surface area contributed by atoms with Gasteiger partial charge in [-0.25, -0.2) is 19.6 Å². The van der Waals surface area contributed by atoms with E-state index in [0.29, 0.717) is 37.5 Å². The van der Waals surface area contributed by atoms with Crippen LogP contribution < -0.4 is 15.4 Å². The zero-order chi connectivity index (χ0) is 44.7. The number of hydrogen-bond donors (Lipinski definition) is 4. The number of carbonyl (C=O) groups excluding carboxylic acids is 4. The zero-order valence-corrected chi connectivity index (χ0v) is 36.9. The summed E-state index contributed by atoms with van der Waals surface area (Å²) in [6.45, 7) is 8.02. The van der Waals surface area contributed by atoms with E-state index in [1.807, 2.05) is 31.7 Å². The molecule has 0 spiro atoms. The van der Waals surface area contributed by atoms with Gasteiger partial charge < -0.3 is 54.1 Å². The number of fused-ring (bicyclic) bond motifs is 6. The quantitative estimate of drug-likeness (QED) is 0.104. The Balaban J connectivity index is 1.05. The molecule has 5 aromatic rings. The van der Waals surface area contributed by atoms with E-state index in [2.05, 4.69) is 57.0 Å². The lowest BCUT2D eigenvalue weighted by molar-refractivity contribution is -0.140. The summed E-state index contributed by atoms with van der Waals surface area (Å²) in [6, 6.07) is 11.9. The Bertz CT molecular complexity index is 2530. The van der Waals surface area contributed by atoms with E-state index < -0.39 is 36.5 Å². The molecule has 0 aliphatic carbocycles. The highest BCUT2D eigenvalue weighted by Gasteiger charge is 2.44. The van der Waals surface area contributed by atoms with E-state index in [-0.39, 0.29) is 36.0 Å². The van der Waals surface area contributed by atoms with Gasteiger partial charge in [0.25, 0.3) is 0 Å². The number of aromatic nitrogens is 4. The Morgan fingerprint density at radius 2 is 1.48 bits per heavy atom. The number of amides is 4. The monoisotopic (exact) mass is 864 g/mol. The molecule has 0 bridgehead atoms. The third-order valence-corrected chi connectivity index (χ3v) is 13.1. The molecule has 2 fully saturated rings. The molecule has 4 N–H and O–H groups in total. The van der Waals surface area contributed by atoms with Gasteiger partial charge in [0.1, 0.15) is 36.1 Å². The predicted molar refractivity (Wildman–Crippen MR) is 234 cm³/mol. The number of nitrogens with one attached hydrogen (secondary N) is 4. The Morgan fingerprint density at radius 1 is 0.810 bits per heavy atom. The summed E-state index contributed by atoms with van der Waals surface area (Å²) in [4.78, 5) is 73.1. The Hall–Kier alpha value is -6.20. The number of H-pyrrole nitrogens is 2. The molecular formula is C46H56N8O9. The highest BCUT2D eigenvalue weighted by molar-refractivity contribution is 6.07. The summed E-state index contributed by atoms with van der Waals surface area (Å²) in [5, 5.41) is 7.32. The van der Waals surface area contributed by atoms with Crippen molar-refractivity contribution in [1.82, 2.24) is 40.4 Å². The molecule has 4 amide bonds. The third kappa shape index (κ3) is 8.03. The van der Waals surface area contributed by atoms with Gasteiger partial charge in [0.2, 0.25) is 11.8 Å². The van der Waals surface area contributed by atoms with E-state index in [1.54, 1.807) is 18.0 Å². The first-order chi connectivity index (χ1) is 30.4. The van der Waals surface area contributed by atoms with E-state index in [0.717, 1.165) is 68.3 Å². The van der Waals surface area contributed by atoms with Gasteiger partial charge >= 0.3 is 12.2 Å². The molecule has 3 aliphatic rings. The second-order valence-corrected chi connectivity index (χ2v) is 16.7. The van der Waals surface area contributed by atoms with E-state index in [1.165, 1.54) is 28.4 Å². The van der Waals surface area contributed by atoms with Crippen LogP contribution in [0.3, 0.4) is 0 Å². The molecule has 2 aromatic heterocycles. The minimum Gasteiger partial charge on any atom is -0.488 e. The zero-order valence-electron chi connectivity index (χ0n) is 36.9. The van der Waals surface area contributed by atoms with E-state index in [9.17, 15) is 19.2 Å². The minimum absolute atomic E-state index is 0.0750. The molecule has 3 aliphatic heterocycles. The van der Waals surface area contributed by atoms with Gasteiger partial charge in [-0.05, 0) is 99.2 Å². The Labute approximate surface area is 365 Å². The van der Waals surface area contributed by atoms with Crippen LogP contribution in [0.25, 0.3) is 44.2 Å². The summed E-state index contributed by atoms with van der Waals surface area (Å²) >= 11 is 0. The van der Waals surface area contributed by atoms with Crippen molar-refractivity contribution in [3.05, 3.63) is 65.9 Å². The molecule has 17 nitrogen and oxygen atoms in total. The van der Waals surface area contributed by atoms with Crippen molar-refractivity contribution in [3.8, 4) is 28.1 Å². The molecule has 5 heterocycles. The van der Waals surface area contributed by atoms with Gasteiger partial charge in [-0.3, -0.25) is 9.59 Å². The van der Waals surface area contributed by atoms with Crippen LogP contribution in [0.5, 0.6) is 5.75 Å². The number of rotatable bonds is 12. The first kappa shape index (κ1) is 43.4. The van der Waals surface area contributed by atoms with Crippen LogP contribution in [-0.2, 0) is 35.1 Å². The lowest BCUT2D eigenvalue weighted by Gasteiger charge is -2.34. The van der Waals surface area contributed by atoms with Crippen LogP contribution >= 0.6 is 0 Å². The molecule has 0 saturated carbocycles. The predicted octanol–water partition coefficient (Wildman–Crippen LogP) is 6.68. The lowest BCUT2D eigenvalue weighted by Crippen LogP contribution is -2.55. The number of benzene rings is 3. The highest BCUT2D eigenvalue weighted by Crippen LogP contribution is 2.44. The summed E-state index contributed by atoms with van der Waals surface area (Å²) in [5.74, 6) is 1.60. The number of aromatic amines is 2. The minimum atomic E-state index is -0.930. The first-order valence-corrected chi connectivity index (χ1v) is 21.6. The van der Waals surface area contributed by atoms with Crippen LogP contribution in [-0.4, -0.2) is 119 Å². The molecule has 8 rings (SSSR count). The lowest BCUT2D eigenvalue weighted by atomic mass is 9.92. The first-order valence-electron chi connectivity index (χ1n) is 21.6. The van der Waals surface area contributed by atoms with Crippen LogP contribution in [0.15, 0.2) is 48.7 Å². The van der Waals surface area contributed by atoms with Crippen LogP contribution in [0.4, 0.5) is 9.59 Å². The maximum absolute atomic E-state index is 14.2. The number of imidazole rings is 2. The van der Waals surface area contributed by atoms with Gasteiger partial charge in [-0.1, -0.05) is 25.1 Å². The van der Waals surface area contributed by atoms with Crippen molar-refractivity contribution in [1.29, 1.82) is 0 Å². The van der Waals surface area contributed by atoms with Crippen LogP contribution in [0, 0.1) is 0 Å². The van der Waals surface area contributed by atoms with Crippen molar-refractivity contribution < 1.29 is 42.9 Å². The molecule has 0 radical (unpaired) electrons. The number of ether oxygens (including phenoxy) is 5. The van der Waals surface area contributed by atoms with E-state index in [4.69, 9.17) is 33.7 Å². The summed E-state index contributed by atoms with van der Waals surface area (Å²) < 4.78 is 27.2. The second-order valence-electron chi connectivity index (χ2n) is 16.7. The molecule has 8 atom stereocenters. The average molecular weight is 865 g/mol. The summed E-state index contributed by atoms with van der Waals surface area (Å²) in [5.41, 5.74) is 6.44. The Morgan fingerprint density at radius 3 is 2.13 bits per heavy atom. The molecule has 0 unspecified atom stereocenters. The van der Waals surface area contributed by atoms with Crippen molar-refractivity contribution in [3.63, 3.8) is 0 Å². The Kier molecular flexibility index (Phi) is 12.3. The third-order valence-electron chi connectivity index (χ3n) is 13.1. The van der Waals surface area contributed by atoms with Crippen molar-refractivity contribution in [2.24, 2.45) is 0 Å². The fraction of sp³-hybridized carbons (Fsp3) is 0.478. The number of methoxy groups -OCH3 is 4. The van der Waals surface area contributed by atoms with Crippen LogP contribution in [0.1, 0.15) is 89.1 Å².